The van der Waals surface area contributed by atoms with Gasteiger partial charge in [-0.25, -0.2) is 14.3 Å². The predicted molar refractivity (Wildman–Crippen MR) is 120 cm³/mol. The SMILES string of the molecule is Cn1c(C(=O)N2CCC(n3c(O)coc3=O)CC2)nc2c(C(C)(C)C)cc(C3CC3)cc21. The Hall–Kier alpha value is -3.03. The quantitative estimate of drug-likeness (QED) is 0.673. The van der Waals surface area contributed by atoms with Gasteiger partial charge in [0.25, 0.3) is 5.91 Å². The average molecular weight is 439 g/mol. The molecule has 1 saturated carbocycles. The average Bonchev–Trinajstić information content (AvgIpc) is 3.48. The molecular formula is C24H30N4O4. The molecule has 32 heavy (non-hydrogen) atoms. The molecule has 1 aromatic carbocycles. The molecule has 1 N–H and O–H groups in total. The van der Waals surface area contributed by atoms with Crippen LogP contribution in [0.25, 0.3) is 11.0 Å². The lowest BCUT2D eigenvalue weighted by Crippen LogP contribution is -2.41. The van der Waals surface area contributed by atoms with Crippen LogP contribution < -0.4 is 5.76 Å². The van der Waals surface area contributed by atoms with Gasteiger partial charge in [-0.15, -0.1) is 0 Å². The van der Waals surface area contributed by atoms with Crippen molar-refractivity contribution < 1.29 is 14.3 Å². The summed E-state index contributed by atoms with van der Waals surface area (Å²) in [6, 6.07) is 4.30. The number of rotatable bonds is 3. The molecule has 1 saturated heterocycles. The van der Waals surface area contributed by atoms with Crippen molar-refractivity contribution in [3.05, 3.63) is 45.9 Å². The summed E-state index contributed by atoms with van der Waals surface area (Å²) in [5.74, 6) is 0.232. The minimum Gasteiger partial charge on any atom is -0.492 e. The number of carbonyl (C=O) groups is 1. The van der Waals surface area contributed by atoms with Crippen LogP contribution >= 0.6 is 0 Å². The number of imidazole rings is 1. The zero-order chi connectivity index (χ0) is 22.8. The van der Waals surface area contributed by atoms with Crippen LogP contribution in [0.2, 0.25) is 0 Å². The number of oxazole rings is 1. The van der Waals surface area contributed by atoms with E-state index in [4.69, 9.17) is 9.40 Å². The summed E-state index contributed by atoms with van der Waals surface area (Å²) in [6.45, 7) is 7.54. The number of aromatic nitrogens is 3. The number of amides is 1. The second-order valence-electron chi connectivity index (χ2n) is 10.2. The van der Waals surface area contributed by atoms with Gasteiger partial charge >= 0.3 is 5.76 Å². The molecule has 0 spiro atoms. The van der Waals surface area contributed by atoms with Gasteiger partial charge in [-0.2, -0.15) is 0 Å². The molecular weight excluding hydrogens is 408 g/mol. The molecule has 2 aliphatic rings. The maximum Gasteiger partial charge on any atom is 0.422 e. The first-order chi connectivity index (χ1) is 15.1. The van der Waals surface area contributed by atoms with Crippen LogP contribution in [0.15, 0.2) is 27.6 Å². The van der Waals surface area contributed by atoms with Gasteiger partial charge in [0.1, 0.15) is 0 Å². The third-order valence-corrected chi connectivity index (χ3v) is 6.88. The Morgan fingerprint density at radius 1 is 1.16 bits per heavy atom. The van der Waals surface area contributed by atoms with E-state index in [2.05, 4.69) is 32.9 Å². The molecule has 1 aliphatic heterocycles. The summed E-state index contributed by atoms with van der Waals surface area (Å²) in [7, 11) is 1.92. The Labute approximate surface area is 186 Å². The van der Waals surface area contributed by atoms with Gasteiger partial charge in [-0.3, -0.25) is 4.79 Å². The number of benzene rings is 1. The van der Waals surface area contributed by atoms with E-state index in [1.54, 1.807) is 4.90 Å². The van der Waals surface area contributed by atoms with Crippen LogP contribution in [0.4, 0.5) is 0 Å². The number of carbonyl (C=O) groups excluding carboxylic acids is 1. The van der Waals surface area contributed by atoms with Crippen LogP contribution in [0.1, 0.15) is 80.2 Å². The lowest BCUT2D eigenvalue weighted by Gasteiger charge is -2.31. The molecule has 0 unspecified atom stereocenters. The van der Waals surface area contributed by atoms with Gasteiger partial charge in [-0.05, 0) is 54.2 Å². The van der Waals surface area contributed by atoms with E-state index in [0.29, 0.717) is 37.7 Å². The van der Waals surface area contributed by atoms with E-state index in [-0.39, 0.29) is 23.2 Å². The predicted octanol–water partition coefficient (Wildman–Crippen LogP) is 3.69. The Balaban J connectivity index is 1.44. The number of likely N-dealkylation sites (tertiary alicyclic amines) is 1. The molecule has 170 valence electrons. The highest BCUT2D eigenvalue weighted by atomic mass is 16.4. The van der Waals surface area contributed by atoms with Crippen molar-refractivity contribution in [1.82, 2.24) is 19.0 Å². The molecule has 5 rings (SSSR count). The molecule has 3 heterocycles. The summed E-state index contributed by atoms with van der Waals surface area (Å²) in [6.07, 6.45) is 4.65. The first-order valence-electron chi connectivity index (χ1n) is 11.3. The molecule has 0 atom stereocenters. The van der Waals surface area contributed by atoms with Crippen LogP contribution in [-0.2, 0) is 12.5 Å². The van der Waals surface area contributed by atoms with Crippen molar-refractivity contribution in [2.24, 2.45) is 7.05 Å². The monoisotopic (exact) mass is 438 g/mol. The van der Waals surface area contributed by atoms with Gasteiger partial charge < -0.3 is 19.0 Å². The Kier molecular flexibility index (Phi) is 4.72. The first kappa shape index (κ1) is 20.8. The molecule has 0 bridgehead atoms. The molecule has 8 heteroatoms. The highest BCUT2D eigenvalue weighted by Gasteiger charge is 2.32. The van der Waals surface area contributed by atoms with Crippen molar-refractivity contribution in [2.75, 3.05) is 13.1 Å². The van der Waals surface area contributed by atoms with E-state index in [9.17, 15) is 14.7 Å². The second-order valence-corrected chi connectivity index (χ2v) is 10.2. The fraction of sp³-hybridized carbons (Fsp3) is 0.542. The van der Waals surface area contributed by atoms with Gasteiger partial charge in [0.2, 0.25) is 5.88 Å². The minimum atomic E-state index is -0.566. The summed E-state index contributed by atoms with van der Waals surface area (Å²) in [5.41, 5.74) is 4.36. The molecule has 1 aliphatic carbocycles. The fourth-order valence-electron chi connectivity index (χ4n) is 4.84. The zero-order valence-corrected chi connectivity index (χ0v) is 19.1. The van der Waals surface area contributed by atoms with E-state index < -0.39 is 5.76 Å². The van der Waals surface area contributed by atoms with Gasteiger partial charge in [0.05, 0.1) is 11.0 Å². The van der Waals surface area contributed by atoms with Crippen molar-refractivity contribution in [3.63, 3.8) is 0 Å². The summed E-state index contributed by atoms with van der Waals surface area (Å²) >= 11 is 0. The Morgan fingerprint density at radius 3 is 2.41 bits per heavy atom. The van der Waals surface area contributed by atoms with E-state index in [1.165, 1.54) is 28.5 Å². The summed E-state index contributed by atoms with van der Waals surface area (Å²) < 4.78 is 7.97. The second kappa shape index (κ2) is 7.25. The Morgan fingerprint density at radius 2 is 1.84 bits per heavy atom. The molecule has 3 aromatic rings. The van der Waals surface area contributed by atoms with Crippen LogP contribution in [0.5, 0.6) is 5.88 Å². The van der Waals surface area contributed by atoms with E-state index in [0.717, 1.165) is 17.3 Å². The number of aryl methyl sites for hydroxylation is 1. The standard InChI is InChI=1S/C24H30N4O4/c1-24(2,3)17-11-15(14-5-6-14)12-18-20(17)25-21(26(18)4)22(30)27-9-7-16(8-10-27)28-19(29)13-32-23(28)31/h11-14,16,29H,5-10H2,1-4H3. The van der Waals surface area contributed by atoms with Crippen LogP contribution in [0, 0.1) is 0 Å². The maximum absolute atomic E-state index is 13.4. The number of nitrogens with zero attached hydrogens (tertiary/aromatic N) is 4. The zero-order valence-electron chi connectivity index (χ0n) is 19.1. The van der Waals surface area contributed by atoms with Gasteiger partial charge in [0, 0.05) is 26.2 Å². The topological polar surface area (TPSA) is 93.5 Å². The normalized spacial score (nSPS) is 17.9. The van der Waals surface area contributed by atoms with Crippen molar-refractivity contribution in [3.8, 4) is 5.88 Å². The first-order valence-corrected chi connectivity index (χ1v) is 11.3. The van der Waals surface area contributed by atoms with Gasteiger partial charge in [-0.1, -0.05) is 26.8 Å². The smallest absolute Gasteiger partial charge is 0.422 e. The maximum atomic E-state index is 13.4. The number of hydrogen-bond donors (Lipinski definition) is 1. The lowest BCUT2D eigenvalue weighted by atomic mass is 9.84. The van der Waals surface area contributed by atoms with E-state index in [1.807, 2.05) is 11.6 Å². The van der Waals surface area contributed by atoms with Crippen molar-refractivity contribution in [2.45, 2.75) is 63.8 Å². The molecule has 8 nitrogen and oxygen atoms in total. The molecule has 2 aromatic heterocycles. The highest BCUT2D eigenvalue weighted by Crippen LogP contribution is 2.43. The number of fused-ring (bicyclic) bond motifs is 1. The Bertz CT molecular complexity index is 1250. The van der Waals surface area contributed by atoms with Crippen LogP contribution in [0.3, 0.4) is 0 Å². The third kappa shape index (κ3) is 3.42. The third-order valence-electron chi connectivity index (χ3n) is 6.88. The largest absolute Gasteiger partial charge is 0.492 e. The lowest BCUT2D eigenvalue weighted by molar-refractivity contribution is 0.0674. The minimum absolute atomic E-state index is 0.0734. The van der Waals surface area contributed by atoms with Crippen LogP contribution in [-0.4, -0.2) is 43.1 Å². The summed E-state index contributed by atoms with van der Waals surface area (Å²) in [4.78, 5) is 31.9. The van der Waals surface area contributed by atoms with Gasteiger partial charge in [0.15, 0.2) is 12.1 Å². The highest BCUT2D eigenvalue weighted by molar-refractivity contribution is 5.96. The molecule has 2 fully saturated rings. The molecule has 1 amide bonds. The van der Waals surface area contributed by atoms with Crippen molar-refractivity contribution >= 4 is 16.9 Å². The number of aromatic hydroxyl groups is 1. The fourth-order valence-corrected chi connectivity index (χ4v) is 4.84. The number of piperidine rings is 1. The number of hydrogen-bond acceptors (Lipinski definition) is 5. The van der Waals surface area contributed by atoms with E-state index >= 15 is 0 Å². The summed E-state index contributed by atoms with van der Waals surface area (Å²) in [5, 5.41) is 9.89. The molecule has 0 radical (unpaired) electrons. The van der Waals surface area contributed by atoms with Crippen molar-refractivity contribution in [1.29, 1.82) is 0 Å².